The fraction of sp³-hybridized carbons (Fsp3) is 0.364. The Hall–Kier alpha value is -2.62. The molecule has 0 aliphatic carbocycles. The molecule has 0 aliphatic heterocycles. The van der Waals surface area contributed by atoms with E-state index >= 15 is 0 Å². The maximum atomic E-state index is 12.1. The van der Waals surface area contributed by atoms with E-state index in [1.807, 2.05) is 54.6 Å². The Morgan fingerprint density at radius 2 is 1.73 bits per heavy atom. The maximum absolute atomic E-state index is 12.1. The molecule has 2 aromatic rings. The van der Waals surface area contributed by atoms with Crippen LogP contribution in [0.3, 0.4) is 0 Å². The van der Waals surface area contributed by atoms with E-state index in [9.17, 15) is 9.59 Å². The van der Waals surface area contributed by atoms with E-state index in [1.165, 1.54) is 0 Å². The summed E-state index contributed by atoms with van der Waals surface area (Å²) in [6.07, 6.45) is 2.04. The molecule has 0 amide bonds. The third-order valence-electron chi connectivity index (χ3n) is 4.00. The van der Waals surface area contributed by atoms with Gasteiger partial charge in [0.1, 0.15) is 5.75 Å². The van der Waals surface area contributed by atoms with Crippen LogP contribution in [0, 0.1) is 0 Å². The molecule has 0 saturated heterocycles. The Kier molecular flexibility index (Phi) is 6.96. The summed E-state index contributed by atoms with van der Waals surface area (Å²) < 4.78 is 10.9. The van der Waals surface area contributed by atoms with Crippen LogP contribution in [0.25, 0.3) is 0 Å². The fourth-order valence-electron chi connectivity index (χ4n) is 2.63. The molecule has 0 spiro atoms. The standard InChI is InChI=1S/C22H26O4/c1-4-25-21(24)22(2,3)26-19-14-8-10-17(16-19)11-9-15-20(23)18-12-6-5-7-13-18/h5-8,10,12-14,16H,4,9,11,15H2,1-3H3. The van der Waals surface area contributed by atoms with Gasteiger partial charge in [-0.1, -0.05) is 42.5 Å². The Morgan fingerprint density at radius 3 is 2.42 bits per heavy atom. The van der Waals surface area contributed by atoms with Crippen LogP contribution in [0.4, 0.5) is 0 Å². The second-order valence-electron chi connectivity index (χ2n) is 6.62. The maximum Gasteiger partial charge on any atom is 0.349 e. The lowest BCUT2D eigenvalue weighted by Crippen LogP contribution is -2.39. The molecule has 0 aromatic heterocycles. The minimum absolute atomic E-state index is 0.154. The van der Waals surface area contributed by atoms with Gasteiger partial charge in [0, 0.05) is 12.0 Å². The van der Waals surface area contributed by atoms with Crippen LogP contribution >= 0.6 is 0 Å². The van der Waals surface area contributed by atoms with Gasteiger partial charge < -0.3 is 9.47 Å². The van der Waals surface area contributed by atoms with Crippen molar-refractivity contribution in [3.63, 3.8) is 0 Å². The first kappa shape index (κ1) is 19.7. The zero-order valence-electron chi connectivity index (χ0n) is 15.7. The van der Waals surface area contributed by atoms with Crippen molar-refractivity contribution in [1.82, 2.24) is 0 Å². The van der Waals surface area contributed by atoms with E-state index in [0.717, 1.165) is 24.0 Å². The summed E-state index contributed by atoms with van der Waals surface area (Å²) in [5, 5.41) is 0. The van der Waals surface area contributed by atoms with Crippen molar-refractivity contribution in [3.05, 3.63) is 65.7 Å². The summed E-state index contributed by atoms with van der Waals surface area (Å²) >= 11 is 0. The highest BCUT2D eigenvalue weighted by Gasteiger charge is 2.31. The molecule has 4 nitrogen and oxygen atoms in total. The van der Waals surface area contributed by atoms with Crippen molar-refractivity contribution in [3.8, 4) is 5.75 Å². The third kappa shape index (κ3) is 5.73. The number of benzene rings is 2. The number of Topliss-reactive ketones (excluding diaryl/α,β-unsaturated/α-hetero) is 1. The average Bonchev–Trinajstić information content (AvgIpc) is 2.62. The molecule has 0 fully saturated rings. The topological polar surface area (TPSA) is 52.6 Å². The highest BCUT2D eigenvalue weighted by Crippen LogP contribution is 2.22. The van der Waals surface area contributed by atoms with Crippen LogP contribution in [0.2, 0.25) is 0 Å². The molecule has 0 aliphatic rings. The second kappa shape index (κ2) is 9.18. The Labute approximate surface area is 155 Å². The number of ketones is 1. The largest absolute Gasteiger partial charge is 0.476 e. The molecule has 0 saturated carbocycles. The van der Waals surface area contributed by atoms with E-state index in [-0.39, 0.29) is 11.8 Å². The quantitative estimate of drug-likeness (QED) is 0.487. The van der Waals surface area contributed by atoms with Crippen molar-refractivity contribution in [2.75, 3.05) is 6.61 Å². The molecule has 138 valence electrons. The van der Waals surface area contributed by atoms with Gasteiger partial charge in [-0.3, -0.25) is 4.79 Å². The molecular formula is C22H26O4. The highest BCUT2D eigenvalue weighted by atomic mass is 16.6. The van der Waals surface area contributed by atoms with E-state index in [1.54, 1.807) is 20.8 Å². The number of hydrogen-bond acceptors (Lipinski definition) is 4. The van der Waals surface area contributed by atoms with Gasteiger partial charge in [0.05, 0.1) is 6.61 Å². The Balaban J connectivity index is 1.91. The monoisotopic (exact) mass is 354 g/mol. The second-order valence-corrected chi connectivity index (χ2v) is 6.62. The molecule has 0 radical (unpaired) electrons. The predicted octanol–water partition coefficient (Wildman–Crippen LogP) is 4.61. The summed E-state index contributed by atoms with van der Waals surface area (Å²) in [7, 11) is 0. The Bertz CT molecular complexity index is 735. The SMILES string of the molecule is CCOC(=O)C(C)(C)Oc1cccc(CCCC(=O)c2ccccc2)c1. The number of esters is 1. The van der Waals surface area contributed by atoms with Crippen LogP contribution in [0.1, 0.15) is 49.5 Å². The zero-order valence-corrected chi connectivity index (χ0v) is 15.7. The van der Waals surface area contributed by atoms with Crippen LogP contribution in [-0.4, -0.2) is 24.0 Å². The van der Waals surface area contributed by atoms with Gasteiger partial charge in [-0.25, -0.2) is 4.79 Å². The molecule has 0 bridgehead atoms. The van der Waals surface area contributed by atoms with Gasteiger partial charge in [-0.05, 0) is 51.3 Å². The van der Waals surface area contributed by atoms with E-state index in [4.69, 9.17) is 9.47 Å². The smallest absolute Gasteiger partial charge is 0.349 e. The van der Waals surface area contributed by atoms with Gasteiger partial charge in [-0.2, -0.15) is 0 Å². The van der Waals surface area contributed by atoms with Gasteiger partial charge in [0.25, 0.3) is 0 Å². The van der Waals surface area contributed by atoms with Crippen molar-refractivity contribution < 1.29 is 19.1 Å². The average molecular weight is 354 g/mol. The lowest BCUT2D eigenvalue weighted by Gasteiger charge is -2.24. The van der Waals surface area contributed by atoms with Gasteiger partial charge in [0.2, 0.25) is 0 Å². The third-order valence-corrected chi connectivity index (χ3v) is 4.00. The summed E-state index contributed by atoms with van der Waals surface area (Å²) in [6, 6.07) is 17.0. The van der Waals surface area contributed by atoms with E-state index < -0.39 is 5.60 Å². The summed E-state index contributed by atoms with van der Waals surface area (Å²) in [5.41, 5.74) is 0.779. The van der Waals surface area contributed by atoms with Gasteiger partial charge >= 0.3 is 5.97 Å². The lowest BCUT2D eigenvalue weighted by molar-refractivity contribution is -0.158. The van der Waals surface area contributed by atoms with Gasteiger partial charge in [-0.15, -0.1) is 0 Å². The number of carbonyl (C=O) groups is 2. The molecule has 2 aromatic carbocycles. The molecule has 0 atom stereocenters. The number of hydrogen-bond donors (Lipinski definition) is 0. The molecule has 4 heteroatoms. The zero-order chi connectivity index (χ0) is 19.0. The van der Waals surface area contributed by atoms with Crippen molar-refractivity contribution in [1.29, 1.82) is 0 Å². The van der Waals surface area contributed by atoms with Crippen molar-refractivity contribution >= 4 is 11.8 Å². The lowest BCUT2D eigenvalue weighted by atomic mass is 10.0. The first-order valence-corrected chi connectivity index (χ1v) is 8.96. The van der Waals surface area contributed by atoms with Crippen LogP contribution in [0.15, 0.2) is 54.6 Å². The van der Waals surface area contributed by atoms with Crippen LogP contribution in [0.5, 0.6) is 5.75 Å². The van der Waals surface area contributed by atoms with Gasteiger partial charge in [0.15, 0.2) is 11.4 Å². The minimum atomic E-state index is -1.04. The highest BCUT2D eigenvalue weighted by molar-refractivity contribution is 5.95. The van der Waals surface area contributed by atoms with E-state index in [2.05, 4.69) is 0 Å². The number of ether oxygens (including phenoxy) is 2. The van der Waals surface area contributed by atoms with Crippen molar-refractivity contribution in [2.45, 2.75) is 45.6 Å². The molecule has 26 heavy (non-hydrogen) atoms. The van der Waals surface area contributed by atoms with Crippen LogP contribution in [-0.2, 0) is 16.0 Å². The fourth-order valence-corrected chi connectivity index (χ4v) is 2.63. The van der Waals surface area contributed by atoms with Crippen molar-refractivity contribution in [2.24, 2.45) is 0 Å². The molecule has 0 heterocycles. The minimum Gasteiger partial charge on any atom is -0.476 e. The Morgan fingerprint density at radius 1 is 1.00 bits per heavy atom. The predicted molar refractivity (Wildman–Crippen MR) is 101 cm³/mol. The molecular weight excluding hydrogens is 328 g/mol. The van der Waals surface area contributed by atoms with E-state index in [0.29, 0.717) is 18.8 Å². The molecule has 0 N–H and O–H groups in total. The molecule has 0 unspecified atom stereocenters. The summed E-state index contributed by atoms with van der Waals surface area (Å²) in [5.74, 6) is 0.384. The normalized spacial score (nSPS) is 11.0. The molecule has 2 rings (SSSR count). The number of rotatable bonds is 9. The number of carbonyl (C=O) groups excluding carboxylic acids is 2. The first-order valence-electron chi connectivity index (χ1n) is 8.96. The first-order chi connectivity index (χ1) is 12.4. The summed E-state index contributed by atoms with van der Waals surface area (Å²) in [4.78, 5) is 24.1. The number of aryl methyl sites for hydroxylation is 1. The summed E-state index contributed by atoms with van der Waals surface area (Å²) in [6.45, 7) is 5.47. The van der Waals surface area contributed by atoms with Crippen LogP contribution < -0.4 is 4.74 Å².